The second-order valence-corrected chi connectivity index (χ2v) is 8.36. The molecule has 3 heterocycles. The SMILES string of the molecule is CC(=N)n1c(=N)nc(N2CCCc3c(C#CC(C)(C)C#N)cncc32)c2c(F)c(F)ccc21. The van der Waals surface area contributed by atoms with E-state index >= 15 is 4.39 Å². The Morgan fingerprint density at radius 1 is 1.24 bits per heavy atom. The summed E-state index contributed by atoms with van der Waals surface area (Å²) in [6, 6.07) is 4.48. The number of rotatable bonds is 1. The molecule has 0 fully saturated rings. The summed E-state index contributed by atoms with van der Waals surface area (Å²) in [7, 11) is 0. The fourth-order valence-corrected chi connectivity index (χ4v) is 3.88. The normalized spacial score (nSPS) is 13.2. The van der Waals surface area contributed by atoms with Crippen LogP contribution in [0.1, 0.15) is 38.3 Å². The summed E-state index contributed by atoms with van der Waals surface area (Å²) in [5.41, 5.74) is 1.27. The molecular formula is C24H21F2N7. The molecule has 0 aliphatic carbocycles. The molecule has 0 bridgehead atoms. The standard InChI is InChI=1S/C24H21F2N7/c1-14(28)33-18-7-6-17(25)21(26)20(18)22(31-23(33)29)32-10-4-5-16-15(11-30-12-19(16)32)8-9-24(2,3)13-27/h6-7,11-12,28-29H,4-5,10H2,1-3H3. The second kappa shape index (κ2) is 8.10. The third-order valence-electron chi connectivity index (χ3n) is 5.48. The van der Waals surface area contributed by atoms with Crippen molar-refractivity contribution in [3.05, 3.63) is 52.9 Å². The largest absolute Gasteiger partial charge is 0.324 e. The summed E-state index contributed by atoms with van der Waals surface area (Å²) < 4.78 is 30.5. The molecule has 0 saturated carbocycles. The van der Waals surface area contributed by atoms with Crippen molar-refractivity contribution in [3.63, 3.8) is 0 Å². The van der Waals surface area contributed by atoms with Gasteiger partial charge in [-0.25, -0.2) is 8.78 Å². The van der Waals surface area contributed by atoms with Crippen molar-refractivity contribution in [1.82, 2.24) is 14.5 Å². The zero-order valence-corrected chi connectivity index (χ0v) is 18.4. The number of anilines is 2. The minimum atomic E-state index is -1.09. The lowest BCUT2D eigenvalue weighted by Crippen LogP contribution is -2.33. The van der Waals surface area contributed by atoms with Crippen LogP contribution in [0.25, 0.3) is 10.9 Å². The van der Waals surface area contributed by atoms with E-state index in [1.165, 1.54) is 13.0 Å². The van der Waals surface area contributed by atoms with Crippen molar-refractivity contribution in [2.75, 3.05) is 11.4 Å². The summed E-state index contributed by atoms with van der Waals surface area (Å²) >= 11 is 0. The molecule has 0 atom stereocenters. The Morgan fingerprint density at radius 2 is 2.00 bits per heavy atom. The second-order valence-electron chi connectivity index (χ2n) is 8.36. The zero-order valence-electron chi connectivity index (χ0n) is 18.4. The Balaban J connectivity index is 1.98. The number of nitrogens with zero attached hydrogens (tertiary/aromatic N) is 5. The van der Waals surface area contributed by atoms with E-state index in [9.17, 15) is 9.65 Å². The molecule has 1 aliphatic rings. The molecule has 1 aromatic carbocycles. The number of nitriles is 1. The van der Waals surface area contributed by atoms with E-state index in [1.54, 1.807) is 31.1 Å². The van der Waals surface area contributed by atoms with Crippen LogP contribution in [0.5, 0.6) is 0 Å². The van der Waals surface area contributed by atoms with E-state index in [0.717, 1.165) is 16.2 Å². The van der Waals surface area contributed by atoms with Gasteiger partial charge in [0.25, 0.3) is 0 Å². The summed E-state index contributed by atoms with van der Waals surface area (Å²) in [5, 5.41) is 25.5. The smallest absolute Gasteiger partial charge is 0.230 e. The molecule has 33 heavy (non-hydrogen) atoms. The highest BCUT2D eigenvalue weighted by Gasteiger charge is 2.27. The number of pyridine rings is 1. The number of benzene rings is 1. The molecule has 0 spiro atoms. The van der Waals surface area contributed by atoms with E-state index in [0.29, 0.717) is 30.6 Å². The molecule has 0 radical (unpaired) electrons. The molecule has 2 N–H and O–H groups in total. The van der Waals surface area contributed by atoms with Crippen molar-refractivity contribution in [3.8, 4) is 17.9 Å². The zero-order chi connectivity index (χ0) is 23.9. The van der Waals surface area contributed by atoms with Crippen molar-refractivity contribution < 1.29 is 8.78 Å². The maximum absolute atomic E-state index is 15.1. The van der Waals surface area contributed by atoms with Crippen LogP contribution < -0.4 is 10.5 Å². The van der Waals surface area contributed by atoms with Gasteiger partial charge in [-0.1, -0.05) is 11.8 Å². The Labute approximate surface area is 189 Å². The van der Waals surface area contributed by atoms with Gasteiger partial charge < -0.3 is 4.90 Å². The van der Waals surface area contributed by atoms with Gasteiger partial charge in [0.15, 0.2) is 11.6 Å². The molecular weight excluding hydrogens is 424 g/mol. The summed E-state index contributed by atoms with van der Waals surface area (Å²) in [6.07, 6.45) is 4.63. The highest BCUT2D eigenvalue weighted by Crippen LogP contribution is 2.37. The van der Waals surface area contributed by atoms with Crippen LogP contribution in [0.15, 0.2) is 24.5 Å². The number of hydrogen-bond acceptors (Lipinski definition) is 6. The quantitative estimate of drug-likeness (QED) is 0.335. The molecule has 0 amide bonds. The van der Waals surface area contributed by atoms with E-state index in [-0.39, 0.29) is 28.2 Å². The molecule has 0 saturated heterocycles. The van der Waals surface area contributed by atoms with Gasteiger partial charge in [-0.2, -0.15) is 10.2 Å². The predicted molar refractivity (Wildman–Crippen MR) is 120 cm³/mol. The minimum absolute atomic E-state index is 0.0339. The number of nitrogens with one attached hydrogen (secondary N) is 2. The molecule has 7 nitrogen and oxygen atoms in total. The number of fused-ring (bicyclic) bond motifs is 2. The minimum Gasteiger partial charge on any atom is -0.324 e. The van der Waals surface area contributed by atoms with Crippen LogP contribution in [0, 0.1) is 51.0 Å². The van der Waals surface area contributed by atoms with Crippen LogP contribution >= 0.6 is 0 Å². The number of aromatic nitrogens is 3. The van der Waals surface area contributed by atoms with Gasteiger partial charge in [0, 0.05) is 18.3 Å². The molecule has 3 aromatic rings. The fraction of sp³-hybridized carbons (Fsp3) is 0.292. The average molecular weight is 445 g/mol. The Kier molecular flexibility index (Phi) is 5.43. The van der Waals surface area contributed by atoms with Crippen LogP contribution in [0.4, 0.5) is 20.3 Å². The molecule has 0 unspecified atom stereocenters. The van der Waals surface area contributed by atoms with Gasteiger partial charge in [0.05, 0.1) is 28.9 Å². The van der Waals surface area contributed by atoms with Crippen molar-refractivity contribution in [2.24, 2.45) is 5.41 Å². The third kappa shape index (κ3) is 3.83. The maximum atomic E-state index is 15.1. The molecule has 1 aliphatic heterocycles. The Morgan fingerprint density at radius 3 is 2.70 bits per heavy atom. The summed E-state index contributed by atoms with van der Waals surface area (Å²) in [4.78, 5) is 10.3. The van der Waals surface area contributed by atoms with E-state index in [2.05, 4.69) is 27.9 Å². The van der Waals surface area contributed by atoms with E-state index in [1.807, 2.05) is 0 Å². The topological polar surface area (TPSA) is 105 Å². The lowest BCUT2D eigenvalue weighted by atomic mass is 9.94. The lowest BCUT2D eigenvalue weighted by Gasteiger charge is -2.31. The fourth-order valence-electron chi connectivity index (χ4n) is 3.88. The van der Waals surface area contributed by atoms with E-state index < -0.39 is 17.0 Å². The van der Waals surface area contributed by atoms with Crippen molar-refractivity contribution in [2.45, 2.75) is 33.6 Å². The van der Waals surface area contributed by atoms with Crippen LogP contribution in [-0.2, 0) is 6.42 Å². The molecule has 9 heteroatoms. The first kappa shape index (κ1) is 22.1. The highest BCUT2D eigenvalue weighted by atomic mass is 19.2. The van der Waals surface area contributed by atoms with E-state index in [4.69, 9.17) is 10.8 Å². The third-order valence-corrected chi connectivity index (χ3v) is 5.48. The van der Waals surface area contributed by atoms with Gasteiger partial charge in [-0.3, -0.25) is 20.4 Å². The molecule has 2 aromatic heterocycles. The summed E-state index contributed by atoms with van der Waals surface area (Å²) in [5.74, 6) is 3.93. The first-order chi connectivity index (χ1) is 15.6. The Hall–Kier alpha value is -4.11. The first-order valence-corrected chi connectivity index (χ1v) is 10.3. The highest BCUT2D eigenvalue weighted by molar-refractivity contribution is 5.98. The predicted octanol–water partition coefficient (Wildman–Crippen LogP) is 4.02. The first-order valence-electron chi connectivity index (χ1n) is 10.3. The molecule has 4 rings (SSSR count). The molecule has 166 valence electrons. The van der Waals surface area contributed by atoms with Crippen LogP contribution in [-0.4, -0.2) is 26.9 Å². The average Bonchev–Trinajstić information content (AvgIpc) is 2.78. The van der Waals surface area contributed by atoms with Crippen LogP contribution in [0.2, 0.25) is 0 Å². The monoisotopic (exact) mass is 445 g/mol. The van der Waals surface area contributed by atoms with Gasteiger partial charge in [0.2, 0.25) is 5.62 Å². The van der Waals surface area contributed by atoms with Gasteiger partial charge in [0.1, 0.15) is 17.1 Å². The maximum Gasteiger partial charge on any atom is 0.230 e. The van der Waals surface area contributed by atoms with Crippen molar-refractivity contribution in [1.29, 1.82) is 16.1 Å². The summed E-state index contributed by atoms with van der Waals surface area (Å²) in [6.45, 7) is 5.36. The van der Waals surface area contributed by atoms with Gasteiger partial charge in [-0.05, 0) is 51.3 Å². The number of halogens is 2. The Bertz CT molecular complexity index is 1470. The van der Waals surface area contributed by atoms with Crippen molar-refractivity contribution >= 4 is 28.2 Å². The van der Waals surface area contributed by atoms with Crippen LogP contribution in [0.3, 0.4) is 0 Å². The lowest BCUT2D eigenvalue weighted by molar-refractivity contribution is 0.516. The van der Waals surface area contributed by atoms with Gasteiger partial charge >= 0.3 is 0 Å². The van der Waals surface area contributed by atoms with Gasteiger partial charge in [-0.15, -0.1) is 0 Å². The number of hydrogen-bond donors (Lipinski definition) is 2.